The molecule has 362 valence electrons. The molecule has 0 bridgehead atoms. The Kier molecular flexibility index (Phi) is 10.8. The molecular weight excluding hydrogens is 1090 g/mol. The average molecular weight is 1140 g/mol. The topological polar surface area (TPSA) is 46.5 Å². The van der Waals surface area contributed by atoms with Gasteiger partial charge in [0.1, 0.15) is 5.82 Å². The number of hydrogen-bond donors (Lipinski definition) is 0. The Morgan fingerprint density at radius 2 is 0.946 bits per heavy atom. The molecule has 5 heterocycles. The molecule has 9 nitrogen and oxygen atoms in total. The standard InChI is InChI=1S/C64H47N8O.Pt/c1-42-37-63(72-49-22-6-5-21-46(49)47-36-35-45(39-62(47)72)73-44-20-17-19-43(38-44)69-41-66(2)50-23-7-12-28-55(50)69)65-40-48(42)64-60(70-56-29-13-8-24-51(56)67(3)52-25-9-14-30-57(52)70)33-18-34-61(64)71-58-31-15-10-26-53(58)68(4)54-27-11-16-32-59(54)71;/h5-37,40-41H,1-4H3;/q-3;. The number of ether oxygens (including phenoxy) is 1. The molecule has 0 spiro atoms. The summed E-state index contributed by atoms with van der Waals surface area (Å²) in [7, 11) is 6.37. The molecule has 0 saturated heterocycles. The predicted octanol–water partition coefficient (Wildman–Crippen LogP) is 16.4. The van der Waals surface area contributed by atoms with Crippen molar-refractivity contribution in [1.29, 1.82) is 0 Å². The van der Waals surface area contributed by atoms with Gasteiger partial charge in [0.05, 0.1) is 56.9 Å². The van der Waals surface area contributed by atoms with Crippen molar-refractivity contribution in [2.24, 2.45) is 0 Å². The van der Waals surface area contributed by atoms with Gasteiger partial charge in [0.25, 0.3) is 0 Å². The van der Waals surface area contributed by atoms with Crippen LogP contribution in [0, 0.1) is 25.7 Å². The van der Waals surface area contributed by atoms with Gasteiger partial charge in [-0.15, -0.1) is 41.4 Å². The van der Waals surface area contributed by atoms with Crippen molar-refractivity contribution >= 4 is 95.7 Å². The monoisotopic (exact) mass is 1140 g/mol. The number of pyridine rings is 1. The molecule has 10 heteroatoms. The Morgan fingerprint density at radius 1 is 0.459 bits per heavy atom. The number of nitrogens with zero attached hydrogens (tertiary/aromatic N) is 8. The minimum absolute atomic E-state index is 0. The molecule has 0 amide bonds. The van der Waals surface area contributed by atoms with E-state index in [9.17, 15) is 0 Å². The van der Waals surface area contributed by atoms with Crippen LogP contribution in [0.2, 0.25) is 0 Å². The van der Waals surface area contributed by atoms with E-state index < -0.39 is 0 Å². The van der Waals surface area contributed by atoms with Crippen LogP contribution in [0.1, 0.15) is 5.56 Å². The maximum atomic E-state index is 6.63. The van der Waals surface area contributed by atoms with Gasteiger partial charge in [0.2, 0.25) is 0 Å². The van der Waals surface area contributed by atoms with Gasteiger partial charge in [-0.25, -0.2) is 4.98 Å². The van der Waals surface area contributed by atoms with Crippen molar-refractivity contribution in [3.8, 4) is 28.4 Å². The molecule has 3 aliphatic rings. The smallest absolute Gasteiger partial charge is 0.135 e. The zero-order chi connectivity index (χ0) is 48.9. The van der Waals surface area contributed by atoms with Crippen molar-refractivity contribution in [3.05, 3.63) is 231 Å². The summed E-state index contributed by atoms with van der Waals surface area (Å²) in [5, 5.41) is 2.17. The number of para-hydroxylation sites is 11. The summed E-state index contributed by atoms with van der Waals surface area (Å²) >= 11 is 0. The van der Waals surface area contributed by atoms with E-state index >= 15 is 0 Å². The first-order valence-corrected chi connectivity index (χ1v) is 24.6. The van der Waals surface area contributed by atoms with Gasteiger partial charge in [-0.05, 0) is 110 Å². The van der Waals surface area contributed by atoms with Crippen LogP contribution in [0.4, 0.5) is 73.9 Å². The Hall–Kier alpha value is -8.78. The molecule has 0 aliphatic carbocycles. The summed E-state index contributed by atoms with van der Waals surface area (Å²) in [6, 6.07) is 77.8. The number of aryl methyl sites for hydroxylation is 1. The zero-order valence-electron chi connectivity index (χ0n) is 41.0. The maximum absolute atomic E-state index is 6.63. The number of rotatable bonds is 7. The molecule has 2 aromatic heterocycles. The van der Waals surface area contributed by atoms with Gasteiger partial charge in [0, 0.05) is 80.9 Å². The van der Waals surface area contributed by atoms with Crippen LogP contribution >= 0.6 is 0 Å². The van der Waals surface area contributed by atoms with Gasteiger partial charge in [-0.2, -0.15) is 18.8 Å². The number of aromatic nitrogens is 2. The van der Waals surface area contributed by atoms with Gasteiger partial charge < -0.3 is 38.7 Å². The summed E-state index contributed by atoms with van der Waals surface area (Å²) < 4.78 is 8.85. The number of hydrogen-bond acceptors (Lipinski definition) is 8. The summed E-state index contributed by atoms with van der Waals surface area (Å²) in [5.74, 6) is 1.96. The summed E-state index contributed by atoms with van der Waals surface area (Å²) in [4.78, 5) is 19.2. The Morgan fingerprint density at radius 3 is 1.53 bits per heavy atom. The molecule has 74 heavy (non-hydrogen) atoms. The minimum Gasteiger partial charge on any atom is -0.509 e. The molecule has 0 radical (unpaired) electrons. The van der Waals surface area contributed by atoms with Crippen molar-refractivity contribution in [3.63, 3.8) is 0 Å². The third kappa shape index (κ3) is 6.98. The summed E-state index contributed by atoms with van der Waals surface area (Å²) in [6.45, 7) is 4.28. The van der Waals surface area contributed by atoms with Crippen LogP contribution in [-0.2, 0) is 21.1 Å². The molecule has 0 N–H and O–H groups in total. The van der Waals surface area contributed by atoms with Crippen LogP contribution < -0.4 is 34.1 Å². The fourth-order valence-electron chi connectivity index (χ4n) is 11.3. The average Bonchev–Trinajstić information content (AvgIpc) is 3.95. The molecule has 3 aliphatic heterocycles. The second-order valence-corrected chi connectivity index (χ2v) is 18.8. The Bertz CT molecular complexity index is 3800. The zero-order valence-corrected chi connectivity index (χ0v) is 43.3. The third-order valence-corrected chi connectivity index (χ3v) is 14.6. The summed E-state index contributed by atoms with van der Waals surface area (Å²) in [6.07, 6.45) is 2.07. The van der Waals surface area contributed by atoms with Crippen LogP contribution in [0.5, 0.6) is 11.5 Å². The second kappa shape index (κ2) is 17.8. The molecule has 0 unspecified atom stereocenters. The van der Waals surface area contributed by atoms with Crippen LogP contribution in [0.3, 0.4) is 0 Å². The van der Waals surface area contributed by atoms with E-state index in [4.69, 9.17) is 9.72 Å². The molecule has 0 saturated carbocycles. The van der Waals surface area contributed by atoms with E-state index in [0.717, 1.165) is 118 Å². The normalized spacial score (nSPS) is 13.4. The largest absolute Gasteiger partial charge is 0.509 e. The van der Waals surface area contributed by atoms with Gasteiger partial charge >= 0.3 is 0 Å². The predicted molar refractivity (Wildman–Crippen MR) is 300 cm³/mol. The maximum Gasteiger partial charge on any atom is 0.135 e. The van der Waals surface area contributed by atoms with E-state index in [1.54, 1.807) is 0 Å². The van der Waals surface area contributed by atoms with E-state index in [1.165, 1.54) is 0 Å². The van der Waals surface area contributed by atoms with Crippen LogP contribution in [0.15, 0.2) is 206 Å². The molecule has 9 aromatic carbocycles. The molecule has 11 aromatic rings. The first kappa shape index (κ1) is 45.1. The van der Waals surface area contributed by atoms with Crippen molar-refractivity contribution < 1.29 is 25.8 Å². The second-order valence-electron chi connectivity index (χ2n) is 18.8. The van der Waals surface area contributed by atoms with Crippen molar-refractivity contribution in [1.82, 2.24) is 9.55 Å². The number of anilines is 13. The molecule has 0 atom stereocenters. The first-order chi connectivity index (χ1) is 35.9. The quantitative estimate of drug-likeness (QED) is 0.146. The molecular formula is C64H47N8OPt-3. The third-order valence-electron chi connectivity index (χ3n) is 14.6. The van der Waals surface area contributed by atoms with Crippen LogP contribution in [0.25, 0.3) is 38.8 Å². The van der Waals surface area contributed by atoms with E-state index in [-0.39, 0.29) is 21.1 Å². The van der Waals surface area contributed by atoms with Gasteiger partial charge in [0.15, 0.2) is 0 Å². The minimum atomic E-state index is 0. The van der Waals surface area contributed by atoms with E-state index in [2.05, 4.69) is 269 Å². The van der Waals surface area contributed by atoms with E-state index in [0.29, 0.717) is 11.5 Å². The molecule has 0 fully saturated rings. The fraction of sp³-hybridized carbons (Fsp3) is 0.0625. The Labute approximate surface area is 445 Å². The van der Waals surface area contributed by atoms with Crippen LogP contribution in [-0.4, -0.2) is 30.7 Å². The SMILES string of the molecule is Cc1cc(-n2c3[c-]c(Oc4[c-]c(N5[CH-]N(C)c6ccccc65)ccc4)ccc3c3ccccc32)ncc1-c1c(N2c3ccccc3N(C)c3ccccc32)cccc1N1c2ccccc2N(C)c2ccccc21.[Pt]. The van der Waals surface area contributed by atoms with E-state index in [1.807, 2.05) is 18.2 Å². The number of fused-ring (bicyclic) bond motifs is 8. The summed E-state index contributed by atoms with van der Waals surface area (Å²) in [5.41, 5.74) is 19.1. The number of benzene rings is 9. The van der Waals surface area contributed by atoms with Gasteiger partial charge in [-0.1, -0.05) is 90.4 Å². The first-order valence-electron chi connectivity index (χ1n) is 24.6. The van der Waals surface area contributed by atoms with Gasteiger partial charge in [-0.3, -0.25) is 0 Å². The fourth-order valence-corrected chi connectivity index (χ4v) is 11.3. The van der Waals surface area contributed by atoms with Crippen molar-refractivity contribution in [2.45, 2.75) is 6.92 Å². The molecule has 14 rings (SSSR count). The van der Waals surface area contributed by atoms with Crippen molar-refractivity contribution in [2.75, 3.05) is 50.5 Å². The Balaban J connectivity index is 0.00000528.